The molecule has 0 unspecified atom stereocenters. The van der Waals surface area contributed by atoms with Crippen molar-refractivity contribution in [2.45, 2.75) is 0 Å². The van der Waals surface area contributed by atoms with E-state index in [4.69, 9.17) is 4.42 Å². The third-order valence-corrected chi connectivity index (χ3v) is 3.85. The molecule has 4 rings (SSSR count). The molecule has 2 aromatic carbocycles. The second-order valence-corrected chi connectivity index (χ2v) is 5.65. The highest BCUT2D eigenvalue weighted by molar-refractivity contribution is 5.86. The van der Waals surface area contributed by atoms with Crippen LogP contribution in [0.2, 0.25) is 0 Å². The SMILES string of the molecule is O=[N+]([O-])c1ccc(O)c(C=Nc2ccc(-c3nc4ncccc4o3)cc2)c1. The van der Waals surface area contributed by atoms with Crippen molar-refractivity contribution in [1.82, 2.24) is 9.97 Å². The first-order valence-electron chi connectivity index (χ1n) is 7.93. The summed E-state index contributed by atoms with van der Waals surface area (Å²) in [6, 6.07) is 14.4. The molecule has 0 fully saturated rings. The number of rotatable bonds is 4. The average Bonchev–Trinajstić information content (AvgIpc) is 3.12. The average molecular weight is 360 g/mol. The molecule has 0 radical (unpaired) electrons. The van der Waals surface area contributed by atoms with Crippen LogP contribution in [0.3, 0.4) is 0 Å². The molecule has 0 atom stereocenters. The highest BCUT2D eigenvalue weighted by Gasteiger charge is 2.10. The van der Waals surface area contributed by atoms with Crippen molar-refractivity contribution in [2.24, 2.45) is 4.99 Å². The molecule has 2 aromatic heterocycles. The van der Waals surface area contributed by atoms with Gasteiger partial charge in [-0.3, -0.25) is 15.1 Å². The topological polar surface area (TPSA) is 115 Å². The van der Waals surface area contributed by atoms with Gasteiger partial charge in [0.25, 0.3) is 5.69 Å². The van der Waals surface area contributed by atoms with Gasteiger partial charge in [-0.1, -0.05) is 0 Å². The van der Waals surface area contributed by atoms with Gasteiger partial charge in [-0.15, -0.1) is 0 Å². The first-order chi connectivity index (χ1) is 13.1. The Labute approximate surface area is 152 Å². The van der Waals surface area contributed by atoms with Gasteiger partial charge in [-0.2, -0.15) is 4.98 Å². The number of phenols is 1. The third kappa shape index (κ3) is 3.36. The van der Waals surface area contributed by atoms with Crippen molar-refractivity contribution in [3.63, 3.8) is 0 Å². The van der Waals surface area contributed by atoms with E-state index in [2.05, 4.69) is 15.0 Å². The number of hydrogen-bond donors (Lipinski definition) is 1. The van der Waals surface area contributed by atoms with Crippen LogP contribution in [0.25, 0.3) is 22.7 Å². The minimum atomic E-state index is -0.527. The van der Waals surface area contributed by atoms with E-state index in [1.807, 2.05) is 0 Å². The molecule has 0 saturated carbocycles. The number of aromatic nitrogens is 2. The quantitative estimate of drug-likeness (QED) is 0.330. The van der Waals surface area contributed by atoms with Gasteiger partial charge in [-0.05, 0) is 42.5 Å². The molecular weight excluding hydrogens is 348 g/mol. The standard InChI is InChI=1S/C19H12N4O4/c24-16-8-7-15(23(25)26)10-13(16)11-21-14-5-3-12(4-6-14)19-22-18-17(27-19)2-1-9-20-18/h1-11,24H. The normalized spacial score (nSPS) is 11.3. The molecule has 1 N–H and O–H groups in total. The second-order valence-electron chi connectivity index (χ2n) is 5.65. The van der Waals surface area contributed by atoms with E-state index in [1.165, 1.54) is 24.4 Å². The highest BCUT2D eigenvalue weighted by Crippen LogP contribution is 2.26. The zero-order chi connectivity index (χ0) is 18.8. The lowest BCUT2D eigenvalue weighted by atomic mass is 10.2. The monoisotopic (exact) mass is 360 g/mol. The van der Waals surface area contributed by atoms with Crippen molar-refractivity contribution in [1.29, 1.82) is 0 Å². The van der Waals surface area contributed by atoms with E-state index < -0.39 is 4.92 Å². The predicted octanol–water partition coefficient (Wildman–Crippen LogP) is 4.25. The van der Waals surface area contributed by atoms with E-state index in [0.29, 0.717) is 22.8 Å². The Morgan fingerprint density at radius 2 is 1.96 bits per heavy atom. The Kier molecular flexibility index (Phi) is 4.06. The summed E-state index contributed by atoms with van der Waals surface area (Å²) in [5.41, 5.74) is 2.67. The summed E-state index contributed by atoms with van der Waals surface area (Å²) in [6.07, 6.45) is 3.02. The molecule has 0 aliphatic rings. The number of phenolic OH excluding ortho intramolecular Hbond substituents is 1. The predicted molar refractivity (Wildman–Crippen MR) is 99.3 cm³/mol. The van der Waals surface area contributed by atoms with Crippen LogP contribution in [0.4, 0.5) is 11.4 Å². The Hall–Kier alpha value is -4.07. The van der Waals surface area contributed by atoms with Crippen molar-refractivity contribution in [3.8, 4) is 17.2 Å². The van der Waals surface area contributed by atoms with Crippen LogP contribution in [0.5, 0.6) is 5.75 Å². The van der Waals surface area contributed by atoms with E-state index >= 15 is 0 Å². The van der Waals surface area contributed by atoms with Crippen LogP contribution >= 0.6 is 0 Å². The van der Waals surface area contributed by atoms with Gasteiger partial charge in [0.15, 0.2) is 11.2 Å². The zero-order valence-corrected chi connectivity index (χ0v) is 13.8. The molecule has 2 heterocycles. The maximum absolute atomic E-state index is 10.8. The summed E-state index contributed by atoms with van der Waals surface area (Å²) >= 11 is 0. The summed E-state index contributed by atoms with van der Waals surface area (Å²) in [7, 11) is 0. The van der Waals surface area contributed by atoms with Gasteiger partial charge in [0, 0.05) is 35.7 Å². The number of oxazole rings is 1. The second kappa shape index (κ2) is 6.68. The smallest absolute Gasteiger partial charge is 0.270 e. The fourth-order valence-corrected chi connectivity index (χ4v) is 2.49. The Morgan fingerprint density at radius 3 is 2.70 bits per heavy atom. The first-order valence-corrected chi connectivity index (χ1v) is 7.93. The van der Waals surface area contributed by atoms with Crippen LogP contribution in [-0.2, 0) is 0 Å². The largest absolute Gasteiger partial charge is 0.507 e. The van der Waals surface area contributed by atoms with Crippen LogP contribution in [0.1, 0.15) is 5.56 Å². The van der Waals surface area contributed by atoms with Gasteiger partial charge >= 0.3 is 0 Å². The maximum atomic E-state index is 10.8. The fraction of sp³-hybridized carbons (Fsp3) is 0. The van der Waals surface area contributed by atoms with E-state index in [0.717, 1.165) is 5.56 Å². The van der Waals surface area contributed by atoms with Crippen molar-refractivity contribution < 1.29 is 14.4 Å². The summed E-state index contributed by atoms with van der Waals surface area (Å²) in [6.45, 7) is 0. The minimum Gasteiger partial charge on any atom is -0.507 e. The zero-order valence-electron chi connectivity index (χ0n) is 13.8. The number of nitrogens with zero attached hydrogens (tertiary/aromatic N) is 4. The lowest BCUT2D eigenvalue weighted by Gasteiger charge is -1.99. The minimum absolute atomic E-state index is 0.0834. The van der Waals surface area contributed by atoms with Crippen LogP contribution in [-0.4, -0.2) is 26.2 Å². The number of aliphatic imine (C=N–C) groups is 1. The summed E-state index contributed by atoms with van der Waals surface area (Å²) in [4.78, 5) is 23.0. The number of non-ortho nitro benzene ring substituents is 1. The fourth-order valence-electron chi connectivity index (χ4n) is 2.49. The van der Waals surface area contributed by atoms with Crippen molar-refractivity contribution in [2.75, 3.05) is 0 Å². The van der Waals surface area contributed by atoms with E-state index in [9.17, 15) is 15.2 Å². The Balaban J connectivity index is 1.58. The maximum Gasteiger partial charge on any atom is 0.270 e. The number of nitro benzene ring substituents is 1. The van der Waals surface area contributed by atoms with Crippen molar-refractivity contribution in [3.05, 3.63) is 76.5 Å². The van der Waals surface area contributed by atoms with Gasteiger partial charge in [0.2, 0.25) is 5.89 Å². The van der Waals surface area contributed by atoms with Gasteiger partial charge in [0.05, 0.1) is 10.6 Å². The number of fused-ring (bicyclic) bond motifs is 1. The van der Waals surface area contributed by atoms with Gasteiger partial charge in [-0.25, -0.2) is 4.98 Å². The molecule has 0 bridgehead atoms. The van der Waals surface area contributed by atoms with Crippen LogP contribution in [0, 0.1) is 10.1 Å². The molecule has 0 saturated heterocycles. The summed E-state index contributed by atoms with van der Waals surface area (Å²) in [5, 5.41) is 20.7. The number of benzene rings is 2. The lowest BCUT2D eigenvalue weighted by molar-refractivity contribution is -0.384. The number of nitro groups is 1. The van der Waals surface area contributed by atoms with E-state index in [1.54, 1.807) is 42.6 Å². The van der Waals surface area contributed by atoms with E-state index in [-0.39, 0.29) is 17.0 Å². The Bertz CT molecular complexity index is 1130. The number of pyridine rings is 1. The molecule has 0 aliphatic heterocycles. The molecule has 0 amide bonds. The highest BCUT2D eigenvalue weighted by atomic mass is 16.6. The number of hydrogen-bond acceptors (Lipinski definition) is 7. The molecule has 0 aliphatic carbocycles. The van der Waals surface area contributed by atoms with Crippen molar-refractivity contribution >= 4 is 28.8 Å². The molecule has 27 heavy (non-hydrogen) atoms. The molecule has 8 heteroatoms. The molecule has 4 aromatic rings. The summed E-state index contributed by atoms with van der Waals surface area (Å²) in [5.74, 6) is 0.371. The number of aromatic hydroxyl groups is 1. The van der Waals surface area contributed by atoms with Gasteiger partial charge in [0.1, 0.15) is 5.75 Å². The molecule has 132 valence electrons. The van der Waals surface area contributed by atoms with Gasteiger partial charge < -0.3 is 9.52 Å². The third-order valence-electron chi connectivity index (χ3n) is 3.85. The molecule has 8 nitrogen and oxygen atoms in total. The molecule has 0 spiro atoms. The summed E-state index contributed by atoms with van der Waals surface area (Å²) < 4.78 is 5.67. The first kappa shape index (κ1) is 16.4. The van der Waals surface area contributed by atoms with Crippen LogP contribution in [0.15, 0.2) is 70.2 Å². The van der Waals surface area contributed by atoms with Crippen LogP contribution < -0.4 is 0 Å². The lowest BCUT2D eigenvalue weighted by Crippen LogP contribution is -1.90. The molecular formula is C19H12N4O4. The Morgan fingerprint density at radius 1 is 1.15 bits per heavy atom.